The van der Waals surface area contributed by atoms with Gasteiger partial charge in [0.05, 0.1) is 5.60 Å². The van der Waals surface area contributed by atoms with Crippen LogP contribution in [0.5, 0.6) is 0 Å². The molecule has 1 aromatic heterocycles. The Hall–Kier alpha value is -1.56. The van der Waals surface area contributed by atoms with Crippen molar-refractivity contribution in [3.63, 3.8) is 0 Å². The highest BCUT2D eigenvalue weighted by atomic mass is 35.5. The summed E-state index contributed by atoms with van der Waals surface area (Å²) in [4.78, 5) is 17.4. The average Bonchev–Trinajstić information content (AvgIpc) is 3.02. The third-order valence-electron chi connectivity index (χ3n) is 5.52. The summed E-state index contributed by atoms with van der Waals surface area (Å²) >= 11 is 0. The minimum Gasteiger partial charge on any atom is -0.361 e. The van der Waals surface area contributed by atoms with Gasteiger partial charge in [-0.2, -0.15) is 0 Å². The summed E-state index contributed by atoms with van der Waals surface area (Å²) in [6.45, 7) is 5.64. The second-order valence-corrected chi connectivity index (χ2v) is 7.11. The number of aromatic nitrogens is 1. The van der Waals surface area contributed by atoms with E-state index in [0.29, 0.717) is 6.54 Å². The Kier molecular flexibility index (Phi) is 5.37. The largest absolute Gasteiger partial charge is 0.361 e. The van der Waals surface area contributed by atoms with E-state index in [9.17, 15) is 4.79 Å². The van der Waals surface area contributed by atoms with Crippen LogP contribution >= 0.6 is 12.4 Å². The predicted octanol–water partition coefficient (Wildman–Crippen LogP) is 2.50. The number of H-pyrrole nitrogens is 1. The van der Waals surface area contributed by atoms with Gasteiger partial charge in [-0.25, -0.2) is 0 Å². The fraction of sp³-hybridized carbons (Fsp3) is 0.526. The van der Waals surface area contributed by atoms with Crippen LogP contribution in [0, 0.1) is 0 Å². The molecule has 0 saturated carbocycles. The molecule has 2 saturated heterocycles. The summed E-state index contributed by atoms with van der Waals surface area (Å²) in [6.07, 6.45) is 4.86. The zero-order valence-electron chi connectivity index (χ0n) is 14.6. The molecule has 0 aliphatic carbocycles. The molecule has 1 amide bonds. The molecule has 2 aliphatic heterocycles. The molecule has 4 rings (SSSR count). The highest BCUT2D eigenvalue weighted by molar-refractivity contribution is 5.85. The number of piperidine rings is 1. The molecule has 1 spiro atoms. The average molecular weight is 364 g/mol. The van der Waals surface area contributed by atoms with E-state index >= 15 is 0 Å². The van der Waals surface area contributed by atoms with E-state index in [1.807, 2.05) is 6.92 Å². The minimum absolute atomic E-state index is 0. The van der Waals surface area contributed by atoms with Gasteiger partial charge in [-0.05, 0) is 37.8 Å². The first-order valence-corrected chi connectivity index (χ1v) is 8.88. The van der Waals surface area contributed by atoms with Crippen molar-refractivity contribution in [3.8, 4) is 0 Å². The third kappa shape index (κ3) is 3.68. The molecular weight excluding hydrogens is 338 g/mol. The Bertz CT molecular complexity index is 737. The van der Waals surface area contributed by atoms with Gasteiger partial charge in [0, 0.05) is 43.3 Å². The first-order chi connectivity index (χ1) is 11.7. The number of fused-ring (bicyclic) bond motifs is 1. The number of aromatic amines is 1. The van der Waals surface area contributed by atoms with Gasteiger partial charge < -0.3 is 19.9 Å². The highest BCUT2D eigenvalue weighted by Crippen LogP contribution is 2.30. The maximum absolute atomic E-state index is 11.6. The van der Waals surface area contributed by atoms with Crippen LogP contribution in [0.1, 0.15) is 25.3 Å². The summed E-state index contributed by atoms with van der Waals surface area (Å²) in [5.41, 5.74) is 2.45. The number of hydrogen-bond acceptors (Lipinski definition) is 3. The number of nitrogens with zero attached hydrogens (tertiary/aromatic N) is 1. The summed E-state index contributed by atoms with van der Waals surface area (Å²) < 4.78 is 6.04. The lowest BCUT2D eigenvalue weighted by molar-refractivity contribution is -0.167. The first-order valence-electron chi connectivity index (χ1n) is 8.88. The SMILES string of the molecule is CC1OC2(CCN(CCc3c[nH]c4ccccc34)CC2)CNC1=O.Cl. The fourth-order valence-electron chi connectivity index (χ4n) is 3.96. The Morgan fingerprint density at radius 1 is 1.28 bits per heavy atom. The van der Waals surface area contributed by atoms with Crippen LogP contribution in [0.2, 0.25) is 0 Å². The van der Waals surface area contributed by atoms with Gasteiger partial charge in [0.2, 0.25) is 5.91 Å². The Morgan fingerprint density at radius 3 is 2.80 bits per heavy atom. The normalized spacial score (nSPS) is 23.4. The number of amides is 1. The van der Waals surface area contributed by atoms with Gasteiger partial charge in [0.25, 0.3) is 0 Å². The molecule has 5 nitrogen and oxygen atoms in total. The van der Waals surface area contributed by atoms with E-state index < -0.39 is 0 Å². The second kappa shape index (κ2) is 7.36. The third-order valence-corrected chi connectivity index (χ3v) is 5.52. The standard InChI is InChI=1S/C19H25N3O2.ClH/c1-14-18(23)21-13-19(24-14)7-10-22(11-8-19)9-6-15-12-20-17-5-3-2-4-16(15)17;/h2-5,12,14,20H,6-11,13H2,1H3,(H,21,23);1H. The second-order valence-electron chi connectivity index (χ2n) is 7.11. The van der Waals surface area contributed by atoms with E-state index in [2.05, 4.69) is 45.7 Å². The zero-order valence-corrected chi connectivity index (χ0v) is 15.4. The molecule has 0 radical (unpaired) electrons. The molecule has 25 heavy (non-hydrogen) atoms. The van der Waals surface area contributed by atoms with Gasteiger partial charge in [0.1, 0.15) is 6.10 Å². The molecule has 2 N–H and O–H groups in total. The summed E-state index contributed by atoms with van der Waals surface area (Å²) in [5, 5.41) is 4.33. The lowest BCUT2D eigenvalue weighted by Gasteiger charge is -2.45. The van der Waals surface area contributed by atoms with Crippen molar-refractivity contribution >= 4 is 29.2 Å². The maximum Gasteiger partial charge on any atom is 0.248 e. The van der Waals surface area contributed by atoms with Crippen LogP contribution in [-0.2, 0) is 16.0 Å². The topological polar surface area (TPSA) is 57.4 Å². The molecule has 6 heteroatoms. The van der Waals surface area contributed by atoms with Gasteiger partial charge in [0.15, 0.2) is 0 Å². The fourth-order valence-corrected chi connectivity index (χ4v) is 3.96. The molecular formula is C19H26ClN3O2. The lowest BCUT2D eigenvalue weighted by Crippen LogP contribution is -2.60. The van der Waals surface area contributed by atoms with Gasteiger partial charge in [-0.1, -0.05) is 18.2 Å². The number of benzene rings is 1. The molecule has 3 heterocycles. The van der Waals surface area contributed by atoms with Crippen molar-refractivity contribution in [2.45, 2.75) is 37.9 Å². The van der Waals surface area contributed by atoms with Crippen molar-refractivity contribution in [2.75, 3.05) is 26.2 Å². The molecule has 2 aliphatic rings. The first kappa shape index (κ1) is 18.2. The van der Waals surface area contributed by atoms with Crippen molar-refractivity contribution in [2.24, 2.45) is 0 Å². The quantitative estimate of drug-likeness (QED) is 0.881. The monoisotopic (exact) mass is 363 g/mol. The van der Waals surface area contributed by atoms with Gasteiger partial charge >= 0.3 is 0 Å². The van der Waals surface area contributed by atoms with Crippen LogP contribution in [0.3, 0.4) is 0 Å². The number of carbonyl (C=O) groups is 1. The summed E-state index contributed by atoms with van der Waals surface area (Å²) in [7, 11) is 0. The molecule has 1 atom stereocenters. The number of likely N-dealkylation sites (tertiary alicyclic amines) is 1. The molecule has 2 fully saturated rings. The number of rotatable bonds is 3. The van der Waals surface area contributed by atoms with Crippen LogP contribution < -0.4 is 5.32 Å². The molecule has 0 bridgehead atoms. The number of ether oxygens (including phenoxy) is 1. The smallest absolute Gasteiger partial charge is 0.248 e. The van der Waals surface area contributed by atoms with Gasteiger partial charge in [-0.15, -0.1) is 12.4 Å². The number of para-hydroxylation sites is 1. The van der Waals surface area contributed by atoms with E-state index in [0.717, 1.165) is 38.9 Å². The Balaban J connectivity index is 0.00000182. The maximum atomic E-state index is 11.6. The Labute approximate surface area is 154 Å². The summed E-state index contributed by atoms with van der Waals surface area (Å²) in [6, 6.07) is 8.47. The van der Waals surface area contributed by atoms with Crippen molar-refractivity contribution in [1.82, 2.24) is 15.2 Å². The molecule has 1 aromatic carbocycles. The summed E-state index contributed by atoms with van der Waals surface area (Å²) in [5.74, 6) is 0.0161. The predicted molar refractivity (Wildman–Crippen MR) is 101 cm³/mol. The zero-order chi connectivity index (χ0) is 16.6. The molecule has 2 aromatic rings. The van der Waals surface area contributed by atoms with Gasteiger partial charge in [-0.3, -0.25) is 4.79 Å². The van der Waals surface area contributed by atoms with E-state index in [1.165, 1.54) is 16.5 Å². The van der Waals surface area contributed by atoms with Crippen LogP contribution in [-0.4, -0.2) is 53.7 Å². The number of morpholine rings is 1. The lowest BCUT2D eigenvalue weighted by atomic mass is 9.89. The van der Waals surface area contributed by atoms with Crippen LogP contribution in [0.4, 0.5) is 0 Å². The number of hydrogen-bond donors (Lipinski definition) is 2. The number of halogens is 1. The van der Waals surface area contributed by atoms with Crippen molar-refractivity contribution in [1.29, 1.82) is 0 Å². The number of carbonyl (C=O) groups excluding carboxylic acids is 1. The van der Waals surface area contributed by atoms with Crippen LogP contribution in [0.25, 0.3) is 10.9 Å². The molecule has 136 valence electrons. The Morgan fingerprint density at radius 2 is 2.04 bits per heavy atom. The van der Waals surface area contributed by atoms with E-state index in [1.54, 1.807) is 0 Å². The van der Waals surface area contributed by atoms with Crippen molar-refractivity contribution < 1.29 is 9.53 Å². The van der Waals surface area contributed by atoms with Crippen LogP contribution in [0.15, 0.2) is 30.5 Å². The highest BCUT2D eigenvalue weighted by Gasteiger charge is 2.41. The van der Waals surface area contributed by atoms with E-state index in [-0.39, 0.29) is 30.0 Å². The molecule has 1 unspecified atom stereocenters. The number of nitrogens with one attached hydrogen (secondary N) is 2. The van der Waals surface area contributed by atoms with Crippen molar-refractivity contribution in [3.05, 3.63) is 36.0 Å². The van der Waals surface area contributed by atoms with E-state index in [4.69, 9.17) is 4.74 Å². The minimum atomic E-state index is -0.323.